The third-order valence-electron chi connectivity index (χ3n) is 5.55. The fourth-order valence-corrected chi connectivity index (χ4v) is 3.93. The van der Waals surface area contributed by atoms with Crippen LogP contribution in [-0.2, 0) is 4.79 Å². The Kier molecular flexibility index (Phi) is 5.31. The summed E-state index contributed by atoms with van der Waals surface area (Å²) >= 11 is 0. The van der Waals surface area contributed by atoms with Crippen LogP contribution in [0.4, 0.5) is 0 Å². The van der Waals surface area contributed by atoms with Crippen LogP contribution in [0.2, 0.25) is 0 Å². The average Bonchev–Trinajstić information content (AvgIpc) is 2.94. The number of amides is 4. The number of pyridine rings is 1. The molecule has 2 aliphatic heterocycles. The van der Waals surface area contributed by atoms with Gasteiger partial charge in [0.05, 0.1) is 11.1 Å². The quantitative estimate of drug-likeness (QED) is 0.720. The summed E-state index contributed by atoms with van der Waals surface area (Å²) < 4.78 is 0. The van der Waals surface area contributed by atoms with E-state index in [4.69, 9.17) is 0 Å². The Hall–Kier alpha value is -3.55. The highest BCUT2D eigenvalue weighted by Gasteiger charge is 2.41. The van der Waals surface area contributed by atoms with Gasteiger partial charge in [-0.1, -0.05) is 18.2 Å². The number of aromatic nitrogens is 1. The standard InChI is InChI=1S/C22H22N4O4/c1-15(26-20(28)16-7-2-3-8-17(16)21(26)29)19(27)24-11-6-12-25(14-13-24)22(30)18-9-4-5-10-23-18/h2-5,7-10,15H,6,11-14H2,1H3. The second kappa shape index (κ2) is 8.06. The number of hydrogen-bond acceptors (Lipinski definition) is 5. The Morgan fingerprint density at radius 2 is 1.47 bits per heavy atom. The van der Waals surface area contributed by atoms with Gasteiger partial charge in [-0.15, -0.1) is 0 Å². The van der Waals surface area contributed by atoms with Crippen molar-refractivity contribution in [1.29, 1.82) is 0 Å². The van der Waals surface area contributed by atoms with Gasteiger partial charge >= 0.3 is 0 Å². The van der Waals surface area contributed by atoms with Crippen LogP contribution in [0.3, 0.4) is 0 Å². The highest BCUT2D eigenvalue weighted by atomic mass is 16.2. The van der Waals surface area contributed by atoms with Crippen molar-refractivity contribution in [2.45, 2.75) is 19.4 Å². The summed E-state index contributed by atoms with van der Waals surface area (Å²) in [7, 11) is 0. The first-order chi connectivity index (χ1) is 14.5. The van der Waals surface area contributed by atoms with E-state index in [1.54, 1.807) is 65.4 Å². The molecule has 0 saturated carbocycles. The molecule has 0 radical (unpaired) electrons. The highest BCUT2D eigenvalue weighted by molar-refractivity contribution is 6.22. The van der Waals surface area contributed by atoms with E-state index in [1.807, 2.05) is 0 Å². The summed E-state index contributed by atoms with van der Waals surface area (Å²) in [6, 6.07) is 10.9. The molecular weight excluding hydrogens is 384 g/mol. The zero-order valence-corrected chi connectivity index (χ0v) is 16.7. The monoisotopic (exact) mass is 406 g/mol. The molecule has 2 aromatic rings. The van der Waals surface area contributed by atoms with Gasteiger partial charge in [0.1, 0.15) is 11.7 Å². The van der Waals surface area contributed by atoms with Gasteiger partial charge in [0, 0.05) is 32.4 Å². The molecule has 30 heavy (non-hydrogen) atoms. The first-order valence-electron chi connectivity index (χ1n) is 9.95. The second-order valence-electron chi connectivity index (χ2n) is 7.39. The Bertz CT molecular complexity index is 972. The zero-order valence-electron chi connectivity index (χ0n) is 16.7. The van der Waals surface area contributed by atoms with E-state index in [9.17, 15) is 19.2 Å². The average molecular weight is 406 g/mol. The van der Waals surface area contributed by atoms with E-state index in [2.05, 4.69) is 4.98 Å². The predicted octanol–water partition coefficient (Wildman–Crippen LogP) is 1.44. The molecule has 1 aromatic heterocycles. The van der Waals surface area contributed by atoms with Crippen molar-refractivity contribution in [3.63, 3.8) is 0 Å². The van der Waals surface area contributed by atoms with Gasteiger partial charge in [-0.3, -0.25) is 29.1 Å². The smallest absolute Gasteiger partial charge is 0.272 e. The Morgan fingerprint density at radius 1 is 0.867 bits per heavy atom. The maximum atomic E-state index is 13.1. The van der Waals surface area contributed by atoms with E-state index in [1.165, 1.54) is 0 Å². The third-order valence-corrected chi connectivity index (χ3v) is 5.55. The summed E-state index contributed by atoms with van der Waals surface area (Å²) in [6.45, 7) is 3.26. The summed E-state index contributed by atoms with van der Waals surface area (Å²) in [5, 5.41) is 0. The number of carbonyl (C=O) groups excluding carboxylic acids is 4. The Balaban J connectivity index is 1.44. The van der Waals surface area contributed by atoms with Gasteiger partial charge in [0.15, 0.2) is 0 Å². The molecule has 8 nitrogen and oxygen atoms in total. The number of rotatable bonds is 3. The maximum absolute atomic E-state index is 13.1. The SMILES string of the molecule is CC(C(=O)N1CCCN(C(=O)c2ccccn2)CC1)N1C(=O)c2ccccc2C1=O. The van der Waals surface area contributed by atoms with Crippen LogP contribution in [0.25, 0.3) is 0 Å². The molecule has 0 N–H and O–H groups in total. The van der Waals surface area contributed by atoms with Crippen LogP contribution < -0.4 is 0 Å². The Labute approximate surface area is 174 Å². The van der Waals surface area contributed by atoms with Gasteiger partial charge in [0.2, 0.25) is 5.91 Å². The molecule has 4 rings (SSSR count). The van der Waals surface area contributed by atoms with Crippen molar-refractivity contribution in [3.8, 4) is 0 Å². The van der Waals surface area contributed by atoms with Crippen LogP contribution in [0.15, 0.2) is 48.7 Å². The minimum atomic E-state index is -0.907. The molecule has 0 spiro atoms. The fraction of sp³-hybridized carbons (Fsp3) is 0.318. The largest absolute Gasteiger partial charge is 0.339 e. The summed E-state index contributed by atoms with van der Waals surface area (Å²) in [6.07, 6.45) is 2.18. The van der Waals surface area contributed by atoms with Crippen molar-refractivity contribution in [3.05, 3.63) is 65.5 Å². The molecule has 3 heterocycles. The van der Waals surface area contributed by atoms with Gasteiger partial charge in [0.25, 0.3) is 17.7 Å². The minimum Gasteiger partial charge on any atom is -0.339 e. The molecule has 4 amide bonds. The molecule has 1 saturated heterocycles. The Morgan fingerprint density at radius 3 is 2.10 bits per heavy atom. The van der Waals surface area contributed by atoms with E-state index in [0.29, 0.717) is 49.4 Å². The van der Waals surface area contributed by atoms with E-state index >= 15 is 0 Å². The molecule has 1 atom stereocenters. The summed E-state index contributed by atoms with van der Waals surface area (Å²) in [4.78, 5) is 59.5. The molecule has 2 aliphatic rings. The second-order valence-corrected chi connectivity index (χ2v) is 7.39. The van der Waals surface area contributed by atoms with Crippen LogP contribution in [0.5, 0.6) is 0 Å². The van der Waals surface area contributed by atoms with Crippen LogP contribution in [-0.4, -0.2) is 75.5 Å². The lowest BCUT2D eigenvalue weighted by Crippen LogP contribution is -2.50. The number of hydrogen-bond donors (Lipinski definition) is 0. The maximum Gasteiger partial charge on any atom is 0.272 e. The lowest BCUT2D eigenvalue weighted by Gasteiger charge is -2.28. The molecule has 1 aromatic carbocycles. The van der Waals surface area contributed by atoms with Crippen molar-refractivity contribution < 1.29 is 19.2 Å². The van der Waals surface area contributed by atoms with Crippen LogP contribution in [0.1, 0.15) is 44.5 Å². The molecule has 154 valence electrons. The van der Waals surface area contributed by atoms with Gasteiger partial charge in [-0.2, -0.15) is 0 Å². The zero-order chi connectivity index (χ0) is 21.3. The van der Waals surface area contributed by atoms with E-state index in [-0.39, 0.29) is 11.8 Å². The van der Waals surface area contributed by atoms with Gasteiger partial charge < -0.3 is 9.80 Å². The molecule has 1 unspecified atom stereocenters. The topological polar surface area (TPSA) is 90.9 Å². The summed E-state index contributed by atoms with van der Waals surface area (Å²) in [5.74, 6) is -1.36. The first kappa shape index (κ1) is 19.8. The van der Waals surface area contributed by atoms with Crippen molar-refractivity contribution in [2.24, 2.45) is 0 Å². The summed E-state index contributed by atoms with van der Waals surface area (Å²) in [5.41, 5.74) is 1.02. The lowest BCUT2D eigenvalue weighted by molar-refractivity contribution is -0.134. The van der Waals surface area contributed by atoms with E-state index < -0.39 is 17.9 Å². The van der Waals surface area contributed by atoms with E-state index in [0.717, 1.165) is 4.90 Å². The fourth-order valence-electron chi connectivity index (χ4n) is 3.93. The number of imide groups is 1. The molecule has 1 fully saturated rings. The molecule has 8 heteroatoms. The van der Waals surface area contributed by atoms with Crippen LogP contribution in [0, 0.1) is 0 Å². The molecule has 0 aliphatic carbocycles. The molecular formula is C22H22N4O4. The van der Waals surface area contributed by atoms with Crippen molar-refractivity contribution in [2.75, 3.05) is 26.2 Å². The number of benzene rings is 1. The lowest BCUT2D eigenvalue weighted by atomic mass is 10.1. The number of carbonyl (C=O) groups is 4. The number of fused-ring (bicyclic) bond motifs is 1. The molecule has 0 bridgehead atoms. The normalized spacial score (nSPS) is 17.6. The van der Waals surface area contributed by atoms with Gasteiger partial charge in [-0.05, 0) is 37.6 Å². The van der Waals surface area contributed by atoms with Crippen molar-refractivity contribution >= 4 is 23.6 Å². The van der Waals surface area contributed by atoms with Gasteiger partial charge in [-0.25, -0.2) is 0 Å². The van der Waals surface area contributed by atoms with Crippen LogP contribution >= 0.6 is 0 Å². The highest BCUT2D eigenvalue weighted by Crippen LogP contribution is 2.25. The van der Waals surface area contributed by atoms with Crippen molar-refractivity contribution in [1.82, 2.24) is 19.7 Å². The number of nitrogens with zero attached hydrogens (tertiary/aromatic N) is 4. The minimum absolute atomic E-state index is 0.168. The first-order valence-corrected chi connectivity index (χ1v) is 9.95. The third kappa shape index (κ3) is 3.45. The predicted molar refractivity (Wildman–Crippen MR) is 108 cm³/mol.